The van der Waals surface area contributed by atoms with Crippen LogP contribution in [-0.2, 0) is 0 Å². The summed E-state index contributed by atoms with van der Waals surface area (Å²) in [6, 6.07) is 7.54. The molecule has 2 rings (SSSR count). The van der Waals surface area contributed by atoms with Gasteiger partial charge in [-0.25, -0.2) is 0 Å². The molecule has 4 N–H and O–H groups in total. The van der Waals surface area contributed by atoms with Crippen molar-refractivity contribution >= 4 is 28.6 Å². The van der Waals surface area contributed by atoms with E-state index in [1.54, 1.807) is 30.5 Å². The molecular weight excluding hydrogens is 258 g/mol. The van der Waals surface area contributed by atoms with Gasteiger partial charge in [0.15, 0.2) is 0 Å². The summed E-state index contributed by atoms with van der Waals surface area (Å²) in [6.07, 6.45) is 0. The summed E-state index contributed by atoms with van der Waals surface area (Å²) in [5.41, 5.74) is 9.17. The molecule has 0 radical (unpaired) electrons. The standard InChI is InChI=1S/C14H17N3OS/c1-9(11-5-6-19-8-11)17-13-4-3-10(7-12(13)15)14(18)16-2/h3-9,17H,15H2,1-2H3,(H,16,18). The molecule has 1 unspecified atom stereocenters. The number of nitrogens with two attached hydrogens (primary N) is 1. The maximum atomic E-state index is 11.5. The molecule has 100 valence electrons. The van der Waals surface area contributed by atoms with Crippen LogP contribution in [-0.4, -0.2) is 13.0 Å². The summed E-state index contributed by atoms with van der Waals surface area (Å²) in [5, 5.41) is 10.1. The van der Waals surface area contributed by atoms with Crippen LogP contribution in [0.2, 0.25) is 0 Å². The van der Waals surface area contributed by atoms with Crippen molar-refractivity contribution < 1.29 is 4.79 Å². The molecule has 4 nitrogen and oxygen atoms in total. The molecule has 0 aliphatic heterocycles. The molecule has 0 fully saturated rings. The number of anilines is 2. The Hall–Kier alpha value is -2.01. The molecule has 1 heterocycles. The van der Waals surface area contributed by atoms with Gasteiger partial charge in [0.25, 0.3) is 5.91 Å². The summed E-state index contributed by atoms with van der Waals surface area (Å²) in [6.45, 7) is 2.08. The minimum absolute atomic E-state index is 0.135. The van der Waals surface area contributed by atoms with E-state index in [0.717, 1.165) is 5.69 Å². The van der Waals surface area contributed by atoms with Crippen molar-refractivity contribution in [2.45, 2.75) is 13.0 Å². The van der Waals surface area contributed by atoms with Gasteiger partial charge in [0.05, 0.1) is 11.4 Å². The van der Waals surface area contributed by atoms with Crippen molar-refractivity contribution in [3.05, 3.63) is 46.2 Å². The molecule has 0 aliphatic rings. The molecule has 0 spiro atoms. The second-order valence-corrected chi connectivity index (χ2v) is 5.08. The number of nitrogens with one attached hydrogen (secondary N) is 2. The molecular formula is C14H17N3OS. The number of amides is 1. The van der Waals surface area contributed by atoms with Crippen LogP contribution < -0.4 is 16.4 Å². The first-order valence-corrected chi connectivity index (χ1v) is 6.96. The van der Waals surface area contributed by atoms with Gasteiger partial charge < -0.3 is 16.4 Å². The summed E-state index contributed by atoms with van der Waals surface area (Å²) < 4.78 is 0. The monoisotopic (exact) mass is 275 g/mol. The number of carbonyl (C=O) groups is 1. The topological polar surface area (TPSA) is 67.2 Å². The van der Waals surface area contributed by atoms with E-state index in [2.05, 4.69) is 29.0 Å². The Bertz CT molecular complexity index is 566. The number of carbonyl (C=O) groups excluding carboxylic acids is 1. The minimum atomic E-state index is -0.135. The van der Waals surface area contributed by atoms with Crippen LogP contribution in [0.1, 0.15) is 28.9 Å². The smallest absolute Gasteiger partial charge is 0.251 e. The van der Waals surface area contributed by atoms with Crippen molar-refractivity contribution in [2.24, 2.45) is 0 Å². The number of benzene rings is 1. The lowest BCUT2D eigenvalue weighted by Gasteiger charge is -2.16. The van der Waals surface area contributed by atoms with Gasteiger partial charge in [-0.2, -0.15) is 11.3 Å². The molecule has 19 heavy (non-hydrogen) atoms. The van der Waals surface area contributed by atoms with Crippen molar-refractivity contribution in [2.75, 3.05) is 18.1 Å². The maximum absolute atomic E-state index is 11.5. The largest absolute Gasteiger partial charge is 0.397 e. The SMILES string of the molecule is CNC(=O)c1ccc(NC(C)c2ccsc2)c(N)c1. The Balaban J connectivity index is 2.15. The number of nitrogen functional groups attached to an aromatic ring is 1. The first kappa shape index (κ1) is 13.4. The lowest BCUT2D eigenvalue weighted by Crippen LogP contribution is -2.18. The van der Waals surface area contributed by atoms with E-state index in [1.807, 2.05) is 11.4 Å². The lowest BCUT2D eigenvalue weighted by atomic mass is 10.1. The summed E-state index contributed by atoms with van der Waals surface area (Å²) in [4.78, 5) is 11.5. The molecule has 1 aromatic carbocycles. The third-order valence-corrected chi connectivity index (χ3v) is 3.66. The van der Waals surface area contributed by atoms with E-state index in [0.29, 0.717) is 11.3 Å². The highest BCUT2D eigenvalue weighted by molar-refractivity contribution is 7.07. The minimum Gasteiger partial charge on any atom is -0.397 e. The van der Waals surface area contributed by atoms with Gasteiger partial charge in [-0.05, 0) is 47.5 Å². The van der Waals surface area contributed by atoms with E-state index in [1.165, 1.54) is 5.56 Å². The average Bonchev–Trinajstić information content (AvgIpc) is 2.94. The highest BCUT2D eigenvalue weighted by Gasteiger charge is 2.10. The number of thiophene rings is 1. The van der Waals surface area contributed by atoms with Gasteiger partial charge in [-0.1, -0.05) is 0 Å². The molecule has 0 aliphatic carbocycles. The third-order valence-electron chi connectivity index (χ3n) is 2.96. The first-order valence-electron chi connectivity index (χ1n) is 6.02. The quantitative estimate of drug-likeness (QED) is 0.752. The molecule has 5 heteroatoms. The highest BCUT2D eigenvalue weighted by atomic mass is 32.1. The lowest BCUT2D eigenvalue weighted by molar-refractivity contribution is 0.0963. The predicted molar refractivity (Wildman–Crippen MR) is 80.6 cm³/mol. The molecule has 2 aromatic rings. The number of hydrogen-bond donors (Lipinski definition) is 3. The summed E-state index contributed by atoms with van der Waals surface area (Å²) in [5.74, 6) is -0.135. The molecule has 0 saturated carbocycles. The molecule has 0 saturated heterocycles. The van der Waals surface area contributed by atoms with Crippen molar-refractivity contribution in [3.8, 4) is 0 Å². The van der Waals surface area contributed by atoms with Crippen LogP contribution in [0.4, 0.5) is 11.4 Å². The average molecular weight is 275 g/mol. The van der Waals surface area contributed by atoms with Gasteiger partial charge in [-0.15, -0.1) is 0 Å². The normalized spacial score (nSPS) is 11.9. The zero-order valence-corrected chi connectivity index (χ0v) is 11.8. The second kappa shape index (κ2) is 5.75. The van der Waals surface area contributed by atoms with Crippen LogP contribution >= 0.6 is 11.3 Å². The zero-order valence-electron chi connectivity index (χ0n) is 10.9. The van der Waals surface area contributed by atoms with Crippen LogP contribution in [0.25, 0.3) is 0 Å². The van der Waals surface area contributed by atoms with Crippen LogP contribution in [0.5, 0.6) is 0 Å². The van der Waals surface area contributed by atoms with Crippen molar-refractivity contribution in [1.82, 2.24) is 5.32 Å². The van der Waals surface area contributed by atoms with Gasteiger partial charge in [-0.3, -0.25) is 4.79 Å². The van der Waals surface area contributed by atoms with Crippen LogP contribution in [0.15, 0.2) is 35.0 Å². The van der Waals surface area contributed by atoms with E-state index in [4.69, 9.17) is 5.73 Å². The van der Waals surface area contributed by atoms with Crippen molar-refractivity contribution in [3.63, 3.8) is 0 Å². The fourth-order valence-electron chi connectivity index (χ4n) is 1.82. The van der Waals surface area contributed by atoms with E-state index in [-0.39, 0.29) is 11.9 Å². The first-order chi connectivity index (χ1) is 9.11. The Morgan fingerprint density at radius 2 is 2.16 bits per heavy atom. The Kier molecular flexibility index (Phi) is 4.06. The highest BCUT2D eigenvalue weighted by Crippen LogP contribution is 2.26. The number of rotatable bonds is 4. The van der Waals surface area contributed by atoms with Crippen molar-refractivity contribution in [1.29, 1.82) is 0 Å². The summed E-state index contributed by atoms with van der Waals surface area (Å²) >= 11 is 1.67. The number of hydrogen-bond acceptors (Lipinski definition) is 4. The predicted octanol–water partition coefficient (Wildman–Crippen LogP) is 2.86. The molecule has 1 atom stereocenters. The Morgan fingerprint density at radius 1 is 1.37 bits per heavy atom. The fourth-order valence-corrected chi connectivity index (χ4v) is 2.57. The Morgan fingerprint density at radius 3 is 2.74 bits per heavy atom. The van der Waals surface area contributed by atoms with Gasteiger partial charge in [0, 0.05) is 18.7 Å². The van der Waals surface area contributed by atoms with Gasteiger partial charge in [0.1, 0.15) is 0 Å². The van der Waals surface area contributed by atoms with E-state index >= 15 is 0 Å². The van der Waals surface area contributed by atoms with Crippen LogP contribution in [0.3, 0.4) is 0 Å². The fraction of sp³-hybridized carbons (Fsp3) is 0.214. The summed E-state index contributed by atoms with van der Waals surface area (Å²) in [7, 11) is 1.60. The third kappa shape index (κ3) is 3.06. The Labute approximate surface area is 116 Å². The van der Waals surface area contributed by atoms with Gasteiger partial charge in [0.2, 0.25) is 0 Å². The molecule has 1 amide bonds. The molecule has 0 bridgehead atoms. The van der Waals surface area contributed by atoms with Crippen LogP contribution in [0, 0.1) is 0 Å². The maximum Gasteiger partial charge on any atom is 0.251 e. The van der Waals surface area contributed by atoms with E-state index in [9.17, 15) is 4.79 Å². The molecule has 1 aromatic heterocycles. The zero-order chi connectivity index (χ0) is 13.8. The van der Waals surface area contributed by atoms with Gasteiger partial charge >= 0.3 is 0 Å². The van der Waals surface area contributed by atoms with E-state index < -0.39 is 0 Å². The second-order valence-electron chi connectivity index (χ2n) is 4.30.